The summed E-state index contributed by atoms with van der Waals surface area (Å²) in [6.45, 7) is 0. The van der Waals surface area contributed by atoms with Crippen LogP contribution in [0.4, 0.5) is 0 Å². The van der Waals surface area contributed by atoms with Crippen molar-refractivity contribution < 1.29 is 9.90 Å². The summed E-state index contributed by atoms with van der Waals surface area (Å²) in [5, 5.41) is 8.74. The number of nitrogens with zero attached hydrogens (tertiary/aromatic N) is 1. The van der Waals surface area contributed by atoms with Gasteiger partial charge in [-0.15, -0.1) is 0 Å². The molecule has 0 aromatic carbocycles. The first kappa shape index (κ1) is 10.8. The van der Waals surface area contributed by atoms with Crippen molar-refractivity contribution in [2.75, 3.05) is 0 Å². The van der Waals surface area contributed by atoms with Gasteiger partial charge in [0.15, 0.2) is 0 Å². The van der Waals surface area contributed by atoms with E-state index >= 15 is 0 Å². The zero-order valence-electron chi connectivity index (χ0n) is 5.41. The summed E-state index contributed by atoms with van der Waals surface area (Å²) < 4.78 is 0. The van der Waals surface area contributed by atoms with Crippen molar-refractivity contribution in [2.24, 2.45) is 0 Å². The maximum atomic E-state index is 10.3. The molecule has 56 valence electrons. The van der Waals surface area contributed by atoms with E-state index in [1.54, 1.807) is 0 Å². The Morgan fingerprint density at radius 3 is 2.55 bits per heavy atom. The van der Waals surface area contributed by atoms with Crippen molar-refractivity contribution >= 4 is 44.9 Å². The van der Waals surface area contributed by atoms with Gasteiger partial charge in [0.05, 0.1) is 10.6 Å². The zero-order valence-corrected chi connectivity index (χ0v) is 10.1. The summed E-state index contributed by atoms with van der Waals surface area (Å²) in [6, 6.07) is 1.34. The zero-order chi connectivity index (χ0) is 7.56. The van der Waals surface area contributed by atoms with Crippen molar-refractivity contribution in [3.63, 3.8) is 0 Å². The molecular formula is C6H4ClNO2Pb. The molecule has 0 spiro atoms. The average molecular weight is 365 g/mol. The average Bonchev–Trinajstić information content (AvgIpc) is 1.88. The molecule has 0 saturated heterocycles. The molecule has 1 rings (SSSR count). The van der Waals surface area contributed by atoms with Gasteiger partial charge in [0, 0.05) is 39.7 Å². The fourth-order valence-electron chi connectivity index (χ4n) is 0.529. The summed E-state index contributed by atoms with van der Waals surface area (Å²) >= 11 is 5.46. The van der Waals surface area contributed by atoms with Crippen LogP contribution in [0.2, 0.25) is 5.02 Å². The van der Waals surface area contributed by atoms with Crippen molar-refractivity contribution in [1.82, 2.24) is 4.98 Å². The smallest absolute Gasteiger partial charge is 0.337 e. The van der Waals surface area contributed by atoms with Crippen LogP contribution in [0.15, 0.2) is 18.5 Å². The van der Waals surface area contributed by atoms with Gasteiger partial charge in [0.1, 0.15) is 0 Å². The summed E-state index contributed by atoms with van der Waals surface area (Å²) in [7, 11) is 0. The van der Waals surface area contributed by atoms with E-state index in [0.717, 1.165) is 0 Å². The molecule has 1 aromatic rings. The van der Waals surface area contributed by atoms with E-state index in [9.17, 15) is 4.79 Å². The molecule has 0 unspecified atom stereocenters. The topological polar surface area (TPSA) is 50.2 Å². The molecule has 0 saturated carbocycles. The summed E-state index contributed by atoms with van der Waals surface area (Å²) in [5.41, 5.74) is 0.104. The first-order valence-electron chi connectivity index (χ1n) is 2.54. The Bertz CT molecular complexity index is 267. The number of halogens is 1. The molecule has 4 radical (unpaired) electrons. The number of carbonyl (C=O) groups is 1. The number of aromatic nitrogens is 1. The van der Waals surface area contributed by atoms with Crippen molar-refractivity contribution in [3.8, 4) is 0 Å². The van der Waals surface area contributed by atoms with Gasteiger partial charge >= 0.3 is 5.97 Å². The Morgan fingerprint density at radius 2 is 2.18 bits per heavy atom. The minimum atomic E-state index is -1.02. The molecule has 0 amide bonds. The van der Waals surface area contributed by atoms with Gasteiger partial charge in [-0.1, -0.05) is 11.6 Å². The Kier molecular flexibility index (Phi) is 4.59. The second-order valence-corrected chi connectivity index (χ2v) is 2.13. The normalized spacial score (nSPS) is 8.45. The molecule has 5 heteroatoms. The van der Waals surface area contributed by atoms with Gasteiger partial charge in [-0.2, -0.15) is 0 Å². The SMILES string of the molecule is O=C(O)c1cncc(Cl)c1.[Pb]. The van der Waals surface area contributed by atoms with Gasteiger partial charge in [-0.05, 0) is 6.07 Å². The van der Waals surface area contributed by atoms with E-state index in [4.69, 9.17) is 16.7 Å². The molecule has 1 heterocycles. The van der Waals surface area contributed by atoms with Crippen LogP contribution in [0.3, 0.4) is 0 Å². The molecule has 0 bridgehead atoms. The Hall–Kier alpha value is -0.168. The summed E-state index contributed by atoms with van der Waals surface area (Å²) in [4.78, 5) is 13.8. The van der Waals surface area contributed by atoms with E-state index in [2.05, 4.69) is 4.98 Å². The second kappa shape index (κ2) is 4.66. The predicted molar refractivity (Wildman–Crippen MR) is 42.0 cm³/mol. The van der Waals surface area contributed by atoms with Gasteiger partial charge < -0.3 is 5.11 Å². The minimum Gasteiger partial charge on any atom is -0.478 e. The van der Waals surface area contributed by atoms with Crippen LogP contribution >= 0.6 is 11.6 Å². The molecule has 1 N–H and O–H groups in total. The fraction of sp³-hybridized carbons (Fsp3) is 0. The van der Waals surface area contributed by atoms with E-state index < -0.39 is 5.97 Å². The molecule has 3 nitrogen and oxygen atoms in total. The molecule has 0 atom stereocenters. The van der Waals surface area contributed by atoms with E-state index in [1.807, 2.05) is 0 Å². The summed E-state index contributed by atoms with van der Waals surface area (Å²) in [6.07, 6.45) is 2.63. The van der Waals surface area contributed by atoms with Crippen LogP contribution in [-0.2, 0) is 0 Å². The standard InChI is InChI=1S/C6H4ClNO2.Pb/c7-5-1-4(6(9)10)2-8-3-5;/h1-3H,(H,9,10);. The maximum Gasteiger partial charge on any atom is 0.337 e. The number of pyridine rings is 1. The first-order chi connectivity index (χ1) is 4.70. The van der Waals surface area contributed by atoms with E-state index in [0.29, 0.717) is 5.02 Å². The largest absolute Gasteiger partial charge is 0.478 e. The Labute approximate surface area is 88.6 Å². The number of rotatable bonds is 1. The fourth-order valence-corrected chi connectivity index (χ4v) is 0.703. The minimum absolute atomic E-state index is 0. The van der Waals surface area contributed by atoms with Gasteiger partial charge in [-0.3, -0.25) is 4.98 Å². The maximum absolute atomic E-state index is 10.3. The molecular weight excluding hydrogens is 361 g/mol. The van der Waals surface area contributed by atoms with Crippen molar-refractivity contribution in [2.45, 2.75) is 0 Å². The quantitative estimate of drug-likeness (QED) is 0.758. The molecule has 11 heavy (non-hydrogen) atoms. The first-order valence-corrected chi connectivity index (χ1v) is 2.92. The second-order valence-electron chi connectivity index (χ2n) is 1.70. The van der Waals surface area contributed by atoms with Crippen molar-refractivity contribution in [3.05, 3.63) is 29.0 Å². The predicted octanol–water partition coefficient (Wildman–Crippen LogP) is 1.05. The number of aromatic carboxylic acids is 1. The van der Waals surface area contributed by atoms with E-state index in [-0.39, 0.29) is 32.9 Å². The molecule has 0 fully saturated rings. The molecule has 0 aliphatic rings. The molecule has 0 aliphatic heterocycles. The number of hydrogen-bond acceptors (Lipinski definition) is 2. The number of hydrogen-bond donors (Lipinski definition) is 1. The molecule has 0 aliphatic carbocycles. The van der Waals surface area contributed by atoms with Crippen LogP contribution in [0, 0.1) is 0 Å². The summed E-state index contributed by atoms with van der Waals surface area (Å²) in [5.74, 6) is -1.02. The van der Waals surface area contributed by atoms with Crippen LogP contribution < -0.4 is 0 Å². The Morgan fingerprint density at radius 1 is 1.55 bits per heavy atom. The van der Waals surface area contributed by atoms with Crippen LogP contribution in [0.5, 0.6) is 0 Å². The number of carboxylic acid groups (broad SMARTS) is 1. The van der Waals surface area contributed by atoms with Crippen LogP contribution in [0.1, 0.15) is 10.4 Å². The van der Waals surface area contributed by atoms with Gasteiger partial charge in [0.2, 0.25) is 0 Å². The monoisotopic (exact) mass is 365 g/mol. The van der Waals surface area contributed by atoms with Crippen molar-refractivity contribution in [1.29, 1.82) is 0 Å². The Balaban J connectivity index is 0.000001000. The van der Waals surface area contributed by atoms with Gasteiger partial charge in [-0.25, -0.2) is 4.79 Å². The van der Waals surface area contributed by atoms with Crippen LogP contribution in [-0.4, -0.2) is 43.4 Å². The van der Waals surface area contributed by atoms with Crippen LogP contribution in [0.25, 0.3) is 0 Å². The van der Waals surface area contributed by atoms with Gasteiger partial charge in [0.25, 0.3) is 0 Å². The molecule has 1 aromatic heterocycles. The third-order valence-corrected chi connectivity index (χ3v) is 1.16. The van der Waals surface area contributed by atoms with E-state index in [1.165, 1.54) is 18.5 Å². The third-order valence-electron chi connectivity index (χ3n) is 0.952. The number of carboxylic acids is 1. The third kappa shape index (κ3) is 3.15.